The number of hydrogen-bond acceptors (Lipinski definition) is 23. The standard InChI is InChI=1S/C50H57N5O23S10/c1-38-6-20-46(21-7-38)79(58,59)84(68,69)51-30-31-52(85(70,71)80(60,61)47-22-8-39(2)9-23-47)32-33-53(86(72,73)81(62,63)48-24-10-40(3)11-25-48)34-35-54(87(74,75)82(64,65)49-26-12-41(4)13-27-49)45(36-43-16-18-44(19-17-43)55(56)57)37-78-88(76,77)83(66,67)50-28-14-42(5)15-29-50/h6-29,45,51H,30-37H2,1-5H3. The highest BCUT2D eigenvalue weighted by molar-refractivity contribution is 8.67. The van der Waals surface area contributed by atoms with Gasteiger partial charge in [-0.15, -0.1) is 0 Å². The molecule has 0 heterocycles. The van der Waals surface area contributed by atoms with E-state index >= 15 is 8.42 Å². The monoisotopic (exact) mass is 1420 g/mol. The van der Waals surface area contributed by atoms with Crippen molar-refractivity contribution in [2.45, 2.75) is 71.6 Å². The molecule has 6 aromatic rings. The summed E-state index contributed by atoms with van der Waals surface area (Å²) in [6, 6.07) is 21.9. The number of nitro groups is 1. The number of hydrogen-bond donors (Lipinski definition) is 1. The molecule has 6 rings (SSSR count). The van der Waals surface area contributed by atoms with E-state index in [1.54, 1.807) is 11.6 Å². The van der Waals surface area contributed by atoms with E-state index in [0.717, 1.165) is 109 Å². The van der Waals surface area contributed by atoms with Crippen LogP contribution in [0.1, 0.15) is 33.4 Å². The molecular weight excluding hydrogens is 1360 g/mol. The number of rotatable bonds is 30. The van der Waals surface area contributed by atoms with Gasteiger partial charge >= 0.3 is 54.2 Å². The zero-order valence-corrected chi connectivity index (χ0v) is 55.0. The Labute approximate surface area is 508 Å². The van der Waals surface area contributed by atoms with Gasteiger partial charge in [0.1, 0.15) is 0 Å². The van der Waals surface area contributed by atoms with Crippen molar-refractivity contribution in [2.24, 2.45) is 0 Å². The van der Waals surface area contributed by atoms with Crippen molar-refractivity contribution in [3.8, 4) is 0 Å². The zero-order chi connectivity index (χ0) is 65.9. The maximum absolute atomic E-state index is 15.1. The Kier molecular flexibility index (Phi) is 21.7. The Hall–Kier alpha value is -5.98. The largest absolute Gasteiger partial charge is 0.379 e. The molecule has 0 radical (unpaired) electrons. The summed E-state index contributed by atoms with van der Waals surface area (Å²) in [5, 5.41) is 11.6. The third-order valence-electron chi connectivity index (χ3n) is 13.1. The summed E-state index contributed by atoms with van der Waals surface area (Å²) in [4.78, 5) is 6.31. The van der Waals surface area contributed by atoms with Gasteiger partial charge in [0.15, 0.2) is 0 Å². The van der Waals surface area contributed by atoms with Crippen LogP contribution in [-0.4, -0.2) is 154 Å². The molecular formula is C50H57N5O23S10. The van der Waals surface area contributed by atoms with Gasteiger partial charge in [-0.1, -0.05) is 101 Å². The molecule has 1 atom stereocenters. The van der Waals surface area contributed by atoms with E-state index in [1.807, 2.05) is 0 Å². The van der Waals surface area contributed by atoms with Crippen LogP contribution in [0, 0.1) is 44.7 Å². The van der Waals surface area contributed by atoms with Crippen LogP contribution in [0.2, 0.25) is 0 Å². The summed E-state index contributed by atoms with van der Waals surface area (Å²) in [6.45, 7) is -3.24. The van der Waals surface area contributed by atoms with Crippen LogP contribution in [0.3, 0.4) is 0 Å². The Morgan fingerprint density at radius 3 is 1.06 bits per heavy atom. The minimum Gasteiger partial charge on any atom is -0.258 e. The molecule has 1 unspecified atom stereocenters. The molecule has 0 fully saturated rings. The number of nitrogens with one attached hydrogen (secondary N) is 1. The van der Waals surface area contributed by atoms with Gasteiger partial charge in [-0.05, 0) is 107 Å². The molecule has 0 aliphatic carbocycles. The molecule has 1 N–H and O–H groups in total. The predicted molar refractivity (Wildman–Crippen MR) is 321 cm³/mol. The fourth-order valence-electron chi connectivity index (χ4n) is 7.99. The number of nitrogens with zero attached hydrogens (tertiary/aromatic N) is 4. The van der Waals surface area contributed by atoms with Gasteiger partial charge in [-0.2, -0.15) is 55.0 Å². The minimum atomic E-state index is -6.27. The van der Waals surface area contributed by atoms with Gasteiger partial charge in [0.2, 0.25) is 0 Å². The SMILES string of the molecule is Cc1ccc(S(=O)(=O)S(=O)(=O)NCCN(CCN(CCN(C(COS(=O)(=O)S(=O)(=O)c2ccc(C)cc2)Cc2ccc([N+](=O)[O-])cc2)S(=O)(=O)S(=O)(=O)c2ccc(C)cc2)S(=O)(=O)S(=O)(=O)c2ccc(C)cc2)S(=O)(=O)S(=O)(=O)c2ccc(C)cc2)cc1. The molecule has 6 aromatic carbocycles. The number of non-ortho nitro benzene ring substituents is 1. The first-order valence-electron chi connectivity index (χ1n) is 25.3. The Morgan fingerprint density at radius 1 is 0.398 bits per heavy atom. The van der Waals surface area contributed by atoms with Gasteiger partial charge in [-0.25, -0.2) is 46.8 Å². The van der Waals surface area contributed by atoms with E-state index in [1.165, 1.54) is 64.1 Å². The summed E-state index contributed by atoms with van der Waals surface area (Å²) in [5.74, 6) is 0. The van der Waals surface area contributed by atoms with Crippen molar-refractivity contribution in [1.29, 1.82) is 0 Å². The fraction of sp³-hybridized carbons (Fsp3) is 0.280. The van der Waals surface area contributed by atoms with E-state index in [-0.39, 0.29) is 18.5 Å². The Morgan fingerprint density at radius 2 is 0.705 bits per heavy atom. The lowest BCUT2D eigenvalue weighted by atomic mass is 10.1. The van der Waals surface area contributed by atoms with Crippen molar-refractivity contribution < 1.29 is 93.3 Å². The van der Waals surface area contributed by atoms with Crippen molar-refractivity contribution in [3.63, 3.8) is 0 Å². The number of nitro benzene ring substituents is 1. The van der Waals surface area contributed by atoms with Crippen molar-refractivity contribution in [1.82, 2.24) is 17.6 Å². The highest BCUT2D eigenvalue weighted by Crippen LogP contribution is 2.30. The van der Waals surface area contributed by atoms with Gasteiger partial charge in [-0.3, -0.25) is 14.3 Å². The summed E-state index contributed by atoms with van der Waals surface area (Å²) in [6.07, 6.45) is -0.979. The first-order valence-corrected chi connectivity index (χ1v) is 42.5. The quantitative estimate of drug-likeness (QED) is 0.0384. The minimum absolute atomic E-state index is 0.0782. The smallest absolute Gasteiger partial charge is 0.258 e. The molecule has 480 valence electrons. The van der Waals surface area contributed by atoms with Crippen LogP contribution in [0.4, 0.5) is 5.69 Å². The summed E-state index contributed by atoms with van der Waals surface area (Å²) in [5.41, 5.74) is 1.43. The molecule has 0 aliphatic rings. The summed E-state index contributed by atoms with van der Waals surface area (Å²) in [7, 11) is -58.5. The average Bonchev–Trinajstić information content (AvgIpc) is 1.09. The van der Waals surface area contributed by atoms with Crippen molar-refractivity contribution in [3.05, 3.63) is 189 Å². The average molecular weight is 1420 g/mol. The van der Waals surface area contributed by atoms with Crippen LogP contribution in [0.15, 0.2) is 170 Å². The van der Waals surface area contributed by atoms with Gasteiger partial charge in [0.25, 0.3) is 41.2 Å². The molecule has 0 amide bonds. The van der Waals surface area contributed by atoms with Crippen LogP contribution < -0.4 is 4.72 Å². The van der Waals surface area contributed by atoms with E-state index in [2.05, 4.69) is 0 Å². The second-order valence-corrected chi connectivity index (χ2v) is 45.6. The second kappa shape index (κ2) is 26.8. The first kappa shape index (κ1) is 71.1. The molecule has 0 aromatic heterocycles. The molecule has 38 heteroatoms. The molecule has 0 saturated heterocycles. The maximum atomic E-state index is 15.1. The highest BCUT2D eigenvalue weighted by atomic mass is 33.2. The number of benzene rings is 6. The van der Waals surface area contributed by atoms with Gasteiger partial charge in [0, 0.05) is 51.4 Å². The fourth-order valence-corrected chi connectivity index (χ4v) is 25.8. The van der Waals surface area contributed by atoms with Crippen molar-refractivity contribution in [2.75, 3.05) is 45.9 Å². The maximum Gasteiger partial charge on any atom is 0.379 e. The molecule has 88 heavy (non-hydrogen) atoms. The molecule has 0 spiro atoms. The van der Waals surface area contributed by atoms with Crippen LogP contribution in [0.25, 0.3) is 0 Å². The van der Waals surface area contributed by atoms with E-state index in [9.17, 15) is 85.9 Å². The first-order chi connectivity index (χ1) is 40.5. The topological polar surface area (TPSA) is 416 Å². The highest BCUT2D eigenvalue weighted by Gasteiger charge is 2.47. The lowest BCUT2D eigenvalue weighted by Gasteiger charge is -2.32. The molecule has 0 bridgehead atoms. The van der Waals surface area contributed by atoms with Crippen molar-refractivity contribution >= 4 is 95.4 Å². The molecule has 0 aliphatic heterocycles. The third-order valence-corrected chi connectivity index (χ3v) is 37.9. The van der Waals surface area contributed by atoms with E-state index in [4.69, 9.17) is 4.18 Å². The third kappa shape index (κ3) is 15.1. The normalized spacial score (nSPS) is 13.9. The van der Waals surface area contributed by atoms with Crippen LogP contribution >= 0.6 is 0 Å². The zero-order valence-electron chi connectivity index (χ0n) is 46.9. The number of aryl methyl sites for hydroxylation is 5. The van der Waals surface area contributed by atoms with Crippen LogP contribution in [0.5, 0.6) is 0 Å². The Bertz CT molecular complexity index is 4780. The Balaban J connectivity index is 1.54. The van der Waals surface area contributed by atoms with E-state index < -0.39 is 183 Å². The molecule has 0 saturated carbocycles. The lowest BCUT2D eigenvalue weighted by Crippen LogP contribution is -2.52. The summed E-state index contributed by atoms with van der Waals surface area (Å²) < 4.78 is 290. The predicted octanol–water partition coefficient (Wildman–Crippen LogP) is 3.15. The van der Waals surface area contributed by atoms with Gasteiger partial charge < -0.3 is 0 Å². The van der Waals surface area contributed by atoms with E-state index in [0.29, 0.717) is 27.8 Å². The second-order valence-electron chi connectivity index (χ2n) is 19.4. The van der Waals surface area contributed by atoms with Gasteiger partial charge in [0.05, 0.1) is 42.0 Å². The van der Waals surface area contributed by atoms with Crippen LogP contribution in [-0.2, 0) is 100 Å². The molecule has 28 nitrogen and oxygen atoms in total. The lowest BCUT2D eigenvalue weighted by molar-refractivity contribution is -0.384. The summed E-state index contributed by atoms with van der Waals surface area (Å²) >= 11 is 0.